The van der Waals surface area contributed by atoms with Crippen LogP contribution >= 0.6 is 15.9 Å². The van der Waals surface area contributed by atoms with Crippen molar-refractivity contribution in [1.29, 1.82) is 5.41 Å². The number of aromatic nitrogens is 1. The predicted molar refractivity (Wildman–Crippen MR) is 122 cm³/mol. The highest BCUT2D eigenvalue weighted by Crippen LogP contribution is 2.23. The van der Waals surface area contributed by atoms with Crippen LogP contribution in [0.3, 0.4) is 0 Å². The maximum absolute atomic E-state index is 13.0. The molecule has 3 rings (SSSR count). The summed E-state index contributed by atoms with van der Waals surface area (Å²) in [6, 6.07) is 10.9. The summed E-state index contributed by atoms with van der Waals surface area (Å²) in [4.78, 5) is 43.0. The molecule has 2 heterocycles. The number of amides is 3. The van der Waals surface area contributed by atoms with Gasteiger partial charge in [-0.1, -0.05) is 24.3 Å². The largest absolute Gasteiger partial charge is 0.379 e. The number of likely N-dealkylation sites (tertiary alicyclic amines) is 1. The van der Waals surface area contributed by atoms with Gasteiger partial charge in [0.2, 0.25) is 5.91 Å². The molecule has 0 bridgehead atoms. The highest BCUT2D eigenvalue weighted by molar-refractivity contribution is 9.10. The third kappa shape index (κ3) is 5.29. The van der Waals surface area contributed by atoms with E-state index in [-0.39, 0.29) is 18.2 Å². The molecule has 2 aromatic rings. The molecule has 1 fully saturated rings. The summed E-state index contributed by atoms with van der Waals surface area (Å²) >= 11 is 3.26. The average Bonchev–Trinajstić information content (AvgIpc) is 3.21. The number of hydrogen-bond acceptors (Lipinski definition) is 7. The molecule has 1 aliphatic rings. The quantitative estimate of drug-likeness (QED) is 0.316. The van der Waals surface area contributed by atoms with Crippen LogP contribution in [0, 0.1) is 5.41 Å². The first-order valence-corrected chi connectivity index (χ1v) is 10.6. The summed E-state index contributed by atoms with van der Waals surface area (Å²) in [5.41, 5.74) is 5.57. The third-order valence-electron chi connectivity index (χ3n) is 5.07. The SMILES string of the molecule is COC1CCN(C(=O)CNc2ccccc2C(=N)C(N)=O)C1C(=O)Nc1cccc(Br)n1. The van der Waals surface area contributed by atoms with Crippen LogP contribution in [0.4, 0.5) is 11.5 Å². The normalized spacial score (nSPS) is 17.6. The van der Waals surface area contributed by atoms with Gasteiger partial charge in [-0.25, -0.2) is 4.98 Å². The second-order valence-electron chi connectivity index (χ2n) is 7.07. The Bertz CT molecular complexity index is 1050. The standard InChI is InChI=1S/C21H23BrN6O4/c1-32-14-9-10-28(19(14)21(31)27-16-8-4-7-15(22)26-16)17(29)11-25-13-6-3-2-5-12(13)18(23)20(24)30/h2-8,14,19,23,25H,9-11H2,1H3,(H2,24,30)(H,26,27,31). The number of hydrogen-bond donors (Lipinski definition) is 4. The van der Waals surface area contributed by atoms with Gasteiger partial charge in [0.15, 0.2) is 0 Å². The molecular formula is C21H23BrN6O4. The number of carbonyl (C=O) groups is 3. The van der Waals surface area contributed by atoms with Crippen molar-refractivity contribution in [3.8, 4) is 0 Å². The van der Waals surface area contributed by atoms with Gasteiger partial charge >= 0.3 is 0 Å². The Kier molecular flexibility index (Phi) is 7.54. The molecule has 0 radical (unpaired) electrons. The zero-order valence-electron chi connectivity index (χ0n) is 17.3. The molecule has 1 saturated heterocycles. The fourth-order valence-corrected chi connectivity index (χ4v) is 3.88. The first-order valence-electron chi connectivity index (χ1n) is 9.79. The molecule has 1 aromatic carbocycles. The molecule has 10 nitrogen and oxygen atoms in total. The molecule has 2 unspecified atom stereocenters. The lowest BCUT2D eigenvalue weighted by Crippen LogP contribution is -2.49. The number of methoxy groups -OCH3 is 1. The van der Waals surface area contributed by atoms with E-state index in [1.54, 1.807) is 42.5 Å². The number of pyridine rings is 1. The maximum atomic E-state index is 13.0. The first kappa shape index (κ1) is 23.4. The Labute approximate surface area is 193 Å². The van der Waals surface area contributed by atoms with Gasteiger partial charge in [-0.2, -0.15) is 0 Å². The van der Waals surface area contributed by atoms with E-state index in [1.807, 2.05) is 0 Å². The molecule has 32 heavy (non-hydrogen) atoms. The van der Waals surface area contributed by atoms with Crippen LogP contribution in [0.5, 0.6) is 0 Å². The molecule has 1 aromatic heterocycles. The van der Waals surface area contributed by atoms with Crippen molar-refractivity contribution in [2.45, 2.75) is 18.6 Å². The van der Waals surface area contributed by atoms with E-state index in [1.165, 1.54) is 12.0 Å². The van der Waals surface area contributed by atoms with E-state index >= 15 is 0 Å². The van der Waals surface area contributed by atoms with Crippen LogP contribution in [0.1, 0.15) is 12.0 Å². The minimum absolute atomic E-state index is 0.140. The molecule has 3 amide bonds. The zero-order valence-corrected chi connectivity index (χ0v) is 18.9. The number of rotatable bonds is 8. The molecule has 11 heteroatoms. The molecule has 168 valence electrons. The van der Waals surface area contributed by atoms with Gasteiger partial charge in [-0.3, -0.25) is 19.8 Å². The van der Waals surface area contributed by atoms with E-state index in [0.29, 0.717) is 34.6 Å². The van der Waals surface area contributed by atoms with Crippen LogP contribution in [-0.2, 0) is 19.1 Å². The van der Waals surface area contributed by atoms with Crippen molar-refractivity contribution in [2.75, 3.05) is 30.8 Å². The van der Waals surface area contributed by atoms with E-state index in [0.717, 1.165) is 0 Å². The number of carbonyl (C=O) groups excluding carboxylic acids is 3. The Morgan fingerprint density at radius 1 is 1.25 bits per heavy atom. The Balaban J connectivity index is 1.72. The molecular weight excluding hydrogens is 480 g/mol. The summed E-state index contributed by atoms with van der Waals surface area (Å²) in [7, 11) is 1.50. The van der Waals surface area contributed by atoms with Crippen molar-refractivity contribution >= 4 is 50.9 Å². The van der Waals surface area contributed by atoms with Crippen LogP contribution in [0.25, 0.3) is 0 Å². The summed E-state index contributed by atoms with van der Waals surface area (Å²) in [5, 5.41) is 13.5. The molecule has 0 spiro atoms. The van der Waals surface area contributed by atoms with E-state index < -0.39 is 24.0 Å². The Morgan fingerprint density at radius 2 is 2.00 bits per heavy atom. The summed E-state index contributed by atoms with van der Waals surface area (Å²) in [6.07, 6.45) is 0.0521. The van der Waals surface area contributed by atoms with Crippen molar-refractivity contribution < 1.29 is 19.1 Å². The first-order chi connectivity index (χ1) is 15.3. The number of primary amides is 1. The second-order valence-corrected chi connectivity index (χ2v) is 7.88. The Morgan fingerprint density at radius 3 is 2.69 bits per heavy atom. The number of nitrogens with one attached hydrogen (secondary N) is 3. The molecule has 0 saturated carbocycles. The highest BCUT2D eigenvalue weighted by Gasteiger charge is 2.42. The van der Waals surface area contributed by atoms with Crippen molar-refractivity contribution in [2.24, 2.45) is 5.73 Å². The van der Waals surface area contributed by atoms with Gasteiger partial charge in [0.05, 0.1) is 12.6 Å². The van der Waals surface area contributed by atoms with Crippen molar-refractivity contribution in [1.82, 2.24) is 9.88 Å². The smallest absolute Gasteiger partial charge is 0.267 e. The van der Waals surface area contributed by atoms with Gasteiger partial charge in [-0.15, -0.1) is 0 Å². The molecule has 5 N–H and O–H groups in total. The monoisotopic (exact) mass is 502 g/mol. The lowest BCUT2D eigenvalue weighted by atomic mass is 10.1. The summed E-state index contributed by atoms with van der Waals surface area (Å²) in [6.45, 7) is 0.209. The fourth-order valence-electron chi connectivity index (χ4n) is 3.54. The summed E-state index contributed by atoms with van der Waals surface area (Å²) < 4.78 is 6.01. The van der Waals surface area contributed by atoms with Gasteiger partial charge < -0.3 is 26.0 Å². The van der Waals surface area contributed by atoms with Crippen LogP contribution in [0.15, 0.2) is 47.1 Å². The second kappa shape index (κ2) is 10.3. The van der Waals surface area contributed by atoms with Crippen LogP contribution in [-0.4, -0.2) is 65.7 Å². The van der Waals surface area contributed by atoms with Gasteiger partial charge in [0.1, 0.15) is 22.2 Å². The third-order valence-corrected chi connectivity index (χ3v) is 5.52. The fraction of sp³-hybridized carbons (Fsp3) is 0.286. The van der Waals surface area contributed by atoms with E-state index in [2.05, 4.69) is 31.5 Å². The number of nitrogens with two attached hydrogens (primary N) is 1. The minimum atomic E-state index is -0.869. The van der Waals surface area contributed by atoms with Gasteiger partial charge in [-0.05, 0) is 40.5 Å². The average molecular weight is 503 g/mol. The lowest BCUT2D eigenvalue weighted by Gasteiger charge is -2.27. The van der Waals surface area contributed by atoms with Crippen LogP contribution < -0.4 is 16.4 Å². The van der Waals surface area contributed by atoms with Crippen molar-refractivity contribution in [3.63, 3.8) is 0 Å². The van der Waals surface area contributed by atoms with Gasteiger partial charge in [0.25, 0.3) is 11.8 Å². The predicted octanol–water partition coefficient (Wildman–Crippen LogP) is 1.36. The molecule has 1 aliphatic heterocycles. The van der Waals surface area contributed by atoms with Gasteiger partial charge in [0, 0.05) is 24.9 Å². The number of ether oxygens (including phenoxy) is 1. The minimum Gasteiger partial charge on any atom is -0.379 e. The van der Waals surface area contributed by atoms with Crippen molar-refractivity contribution in [3.05, 3.63) is 52.6 Å². The lowest BCUT2D eigenvalue weighted by molar-refractivity contribution is -0.137. The number of nitrogens with zero attached hydrogens (tertiary/aromatic N) is 2. The summed E-state index contributed by atoms with van der Waals surface area (Å²) in [5.74, 6) is -1.24. The maximum Gasteiger partial charge on any atom is 0.267 e. The number of halogens is 1. The Hall–Kier alpha value is -3.31. The molecule has 2 atom stereocenters. The highest BCUT2D eigenvalue weighted by atomic mass is 79.9. The number of anilines is 2. The zero-order chi connectivity index (χ0) is 23.3. The number of para-hydroxylation sites is 1. The number of benzene rings is 1. The molecule has 0 aliphatic carbocycles. The van der Waals surface area contributed by atoms with Crippen LogP contribution in [0.2, 0.25) is 0 Å². The van der Waals surface area contributed by atoms with E-state index in [4.69, 9.17) is 15.9 Å². The topological polar surface area (TPSA) is 150 Å². The van der Waals surface area contributed by atoms with E-state index in [9.17, 15) is 14.4 Å².